The molecule has 7 heterocycles. The lowest BCUT2D eigenvalue weighted by molar-refractivity contribution is 0.0865. The SMILES string of the molecule is [2H]C([2H])(Oc1nc(N2CC3CCC2CN3)c2cnc(-c3cc(O)cc4ccc(F)c(C#C)c34)c(F)c2n1)C12CCC(CN)N1CC(F)C2. The van der Waals surface area contributed by atoms with Crippen molar-refractivity contribution in [2.75, 3.05) is 37.6 Å². The van der Waals surface area contributed by atoms with Crippen LogP contribution in [0, 0.1) is 24.0 Å². The first-order valence-corrected chi connectivity index (χ1v) is 15.6. The summed E-state index contributed by atoms with van der Waals surface area (Å²) in [7, 11) is 0. The van der Waals surface area contributed by atoms with Crippen LogP contribution in [0.15, 0.2) is 30.5 Å². The van der Waals surface area contributed by atoms with E-state index in [1.165, 1.54) is 30.5 Å². The van der Waals surface area contributed by atoms with Crippen LogP contribution in [0.3, 0.4) is 0 Å². The fourth-order valence-electron chi connectivity index (χ4n) is 7.97. The Labute approximate surface area is 266 Å². The smallest absolute Gasteiger partial charge is 0.319 e. The van der Waals surface area contributed by atoms with Crippen LogP contribution in [0.1, 0.15) is 40.4 Å². The Kier molecular flexibility index (Phi) is 6.43. The molecule has 46 heavy (non-hydrogen) atoms. The lowest BCUT2D eigenvalue weighted by Gasteiger charge is -2.46. The molecule has 0 saturated carbocycles. The zero-order chi connectivity index (χ0) is 33.5. The maximum atomic E-state index is 16.9. The van der Waals surface area contributed by atoms with Crippen molar-refractivity contribution in [3.63, 3.8) is 0 Å². The number of aromatic nitrogens is 3. The number of hydrogen-bond acceptors (Lipinski definition) is 9. The minimum atomic E-state index is -2.46. The number of halogens is 3. The topological polar surface area (TPSA) is 113 Å². The van der Waals surface area contributed by atoms with Gasteiger partial charge in [0.15, 0.2) is 5.82 Å². The summed E-state index contributed by atoms with van der Waals surface area (Å²) in [5.74, 6) is 0.878. The molecule has 238 valence electrons. The first-order valence-electron chi connectivity index (χ1n) is 16.6. The molecule has 5 saturated heterocycles. The highest BCUT2D eigenvalue weighted by molar-refractivity contribution is 6.03. The van der Waals surface area contributed by atoms with Crippen molar-refractivity contribution in [1.82, 2.24) is 25.2 Å². The average Bonchev–Trinajstić information content (AvgIpc) is 3.61. The van der Waals surface area contributed by atoms with Gasteiger partial charge >= 0.3 is 6.01 Å². The lowest BCUT2D eigenvalue weighted by Crippen LogP contribution is -2.61. The number of terminal acetylenes is 1. The van der Waals surface area contributed by atoms with Crippen molar-refractivity contribution in [1.29, 1.82) is 0 Å². The van der Waals surface area contributed by atoms with E-state index >= 15 is 4.39 Å². The zero-order valence-corrected chi connectivity index (χ0v) is 24.9. The van der Waals surface area contributed by atoms with Crippen molar-refractivity contribution in [3.8, 4) is 35.4 Å². The number of aromatic hydroxyl groups is 1. The van der Waals surface area contributed by atoms with Gasteiger partial charge in [0.2, 0.25) is 0 Å². The van der Waals surface area contributed by atoms with E-state index in [9.17, 15) is 13.9 Å². The van der Waals surface area contributed by atoms with Crippen LogP contribution in [0.4, 0.5) is 19.0 Å². The number of alkyl halides is 1. The molecule has 4 N–H and O–H groups in total. The third-order valence-electron chi connectivity index (χ3n) is 10.2. The minimum Gasteiger partial charge on any atom is -0.508 e. The number of nitrogens with two attached hydrogens (primary N) is 1. The molecule has 12 heteroatoms. The second-order valence-electron chi connectivity index (χ2n) is 12.8. The van der Waals surface area contributed by atoms with E-state index < -0.39 is 35.9 Å². The molecule has 9 rings (SSSR count). The molecule has 9 nitrogen and oxygen atoms in total. The Hall–Kier alpha value is -4.18. The Bertz CT molecular complexity index is 2000. The number of ether oxygens (including phenoxy) is 1. The Morgan fingerprint density at radius 1 is 1.22 bits per heavy atom. The van der Waals surface area contributed by atoms with Gasteiger partial charge in [-0.05, 0) is 49.3 Å². The van der Waals surface area contributed by atoms with E-state index in [1.807, 2.05) is 4.90 Å². The van der Waals surface area contributed by atoms with Crippen LogP contribution in [-0.2, 0) is 0 Å². The van der Waals surface area contributed by atoms with E-state index in [-0.39, 0.29) is 76.5 Å². The summed E-state index contributed by atoms with van der Waals surface area (Å²) in [4.78, 5) is 17.4. The Morgan fingerprint density at radius 3 is 2.83 bits per heavy atom. The van der Waals surface area contributed by atoms with Gasteiger partial charge in [-0.3, -0.25) is 9.88 Å². The van der Waals surface area contributed by atoms with Gasteiger partial charge in [-0.15, -0.1) is 6.42 Å². The van der Waals surface area contributed by atoms with Crippen molar-refractivity contribution >= 4 is 27.5 Å². The first-order chi connectivity index (χ1) is 23.0. The van der Waals surface area contributed by atoms with E-state index in [0.29, 0.717) is 37.1 Å². The van der Waals surface area contributed by atoms with Crippen LogP contribution in [-0.4, -0.2) is 87.5 Å². The van der Waals surface area contributed by atoms with Crippen molar-refractivity contribution in [2.24, 2.45) is 5.73 Å². The van der Waals surface area contributed by atoms with Gasteiger partial charge in [-0.1, -0.05) is 12.0 Å². The predicted molar refractivity (Wildman–Crippen MR) is 168 cm³/mol. The summed E-state index contributed by atoms with van der Waals surface area (Å²) in [6.45, 7) is -0.901. The second kappa shape index (κ2) is 11.0. The van der Waals surface area contributed by atoms with Crippen LogP contribution < -0.4 is 20.7 Å². The summed E-state index contributed by atoms with van der Waals surface area (Å²) >= 11 is 0. The molecule has 2 aromatic carbocycles. The molecule has 5 atom stereocenters. The predicted octanol–water partition coefficient (Wildman–Crippen LogP) is 4.03. The molecule has 4 aromatic rings. The first kappa shape index (κ1) is 27.0. The molecular formula is C34H34F3N7O2. The van der Waals surface area contributed by atoms with Crippen LogP contribution >= 0.6 is 0 Å². The van der Waals surface area contributed by atoms with E-state index in [2.05, 4.69) is 26.2 Å². The van der Waals surface area contributed by atoms with Gasteiger partial charge in [0.05, 0.1) is 19.2 Å². The van der Waals surface area contributed by atoms with Crippen molar-refractivity contribution < 1.29 is 25.8 Å². The van der Waals surface area contributed by atoms with Gasteiger partial charge in [-0.25, -0.2) is 13.2 Å². The molecule has 0 spiro atoms. The monoisotopic (exact) mass is 631 g/mol. The highest BCUT2D eigenvalue weighted by Gasteiger charge is 2.53. The number of rotatable bonds is 6. The van der Waals surface area contributed by atoms with Crippen molar-refractivity contribution in [3.05, 3.63) is 47.7 Å². The molecule has 2 bridgehead atoms. The summed E-state index contributed by atoms with van der Waals surface area (Å²) < 4.78 is 71.0. The minimum absolute atomic E-state index is 0.0352. The number of pyridine rings is 1. The molecule has 0 radical (unpaired) electrons. The second-order valence-corrected chi connectivity index (χ2v) is 12.8. The summed E-state index contributed by atoms with van der Waals surface area (Å²) in [6, 6.07) is 4.90. The number of phenolic OH excluding ortho intramolecular Hbond substituents is 1. The van der Waals surface area contributed by atoms with Crippen LogP contribution in [0.2, 0.25) is 0 Å². The maximum absolute atomic E-state index is 16.9. The third kappa shape index (κ3) is 4.55. The van der Waals surface area contributed by atoms with Gasteiger partial charge in [0, 0.05) is 67.9 Å². The molecule has 2 aromatic heterocycles. The van der Waals surface area contributed by atoms with Gasteiger partial charge in [0.1, 0.15) is 41.3 Å². The highest BCUT2D eigenvalue weighted by Crippen LogP contribution is 2.44. The summed E-state index contributed by atoms with van der Waals surface area (Å²) in [6.07, 6.45) is 8.51. The molecule has 5 unspecified atom stereocenters. The summed E-state index contributed by atoms with van der Waals surface area (Å²) in [5.41, 5.74) is 4.18. The lowest BCUT2D eigenvalue weighted by atomic mass is 9.92. The van der Waals surface area contributed by atoms with E-state index in [4.69, 9.17) is 19.6 Å². The number of piperidine rings is 2. The molecule has 0 aliphatic carbocycles. The molecular weight excluding hydrogens is 595 g/mol. The molecule has 5 aliphatic rings. The number of nitrogens with zero attached hydrogens (tertiary/aromatic N) is 5. The number of piperazine rings is 1. The van der Waals surface area contributed by atoms with Crippen LogP contribution in [0.5, 0.6) is 11.8 Å². The standard InChI is InChI=1S/C34H34F3N7O2/c1-2-24-27(36)6-3-18-9-23(45)10-25(28(18)24)30-29(37)31-26(14-40-30)32(43-16-20-4-5-22(43)13-39-20)42-33(41-31)46-17-34-8-7-21(12-38)44(34)15-19(35)11-34/h1,3,6,9-10,14,19-22,39,45H,4-5,7-8,11-13,15-17,38H2/i17D2. The Morgan fingerprint density at radius 2 is 2.09 bits per heavy atom. The number of anilines is 1. The molecule has 0 amide bonds. The van der Waals surface area contributed by atoms with Gasteiger partial charge in [0.25, 0.3) is 0 Å². The van der Waals surface area contributed by atoms with E-state index in [0.717, 1.165) is 12.8 Å². The zero-order valence-electron chi connectivity index (χ0n) is 26.9. The third-order valence-corrected chi connectivity index (χ3v) is 10.2. The largest absolute Gasteiger partial charge is 0.508 e. The number of benzene rings is 2. The van der Waals surface area contributed by atoms with Crippen LogP contribution in [0.25, 0.3) is 32.9 Å². The van der Waals surface area contributed by atoms with Gasteiger partial charge in [-0.2, -0.15) is 9.97 Å². The number of hydrogen-bond donors (Lipinski definition) is 3. The highest BCUT2D eigenvalue weighted by atomic mass is 19.1. The fraction of sp³-hybridized carbons (Fsp3) is 0.441. The van der Waals surface area contributed by atoms with Gasteiger partial charge < -0.3 is 25.8 Å². The maximum Gasteiger partial charge on any atom is 0.319 e. The molecule has 5 aliphatic heterocycles. The molecule has 5 fully saturated rings. The quantitative estimate of drug-likeness (QED) is 0.272. The summed E-state index contributed by atoms with van der Waals surface area (Å²) in [5, 5.41) is 14.9. The van der Waals surface area contributed by atoms with Crippen molar-refractivity contribution in [2.45, 2.75) is 61.9 Å². The Balaban J connectivity index is 1.31. The average molecular weight is 632 g/mol. The fourth-order valence-corrected chi connectivity index (χ4v) is 7.97. The number of fused-ring (bicyclic) bond motifs is 6. The normalized spacial score (nSPS) is 28.4. The number of phenols is 1. The number of nitrogens with one attached hydrogen (secondary N) is 1. The van der Waals surface area contributed by atoms with E-state index in [1.54, 1.807) is 4.90 Å².